The van der Waals surface area contributed by atoms with Crippen LogP contribution in [-0.2, 0) is 14.8 Å². The standard InChI is InChI=1S/C18H21N3O7S/c1-12-14(6-9-26-12)18(23)20-19-17(22)11-21(2)29(24,25)13-4-5-15-16(10-13)28-8-3-7-27-15/h4-6,9-10H,3,7-8,11H2,1-2H3,(H,19,22)(H,20,23). The summed E-state index contributed by atoms with van der Waals surface area (Å²) in [6.45, 7) is 2.02. The van der Waals surface area contributed by atoms with Gasteiger partial charge in [-0.3, -0.25) is 20.4 Å². The second kappa shape index (κ2) is 8.53. The summed E-state index contributed by atoms with van der Waals surface area (Å²) in [4.78, 5) is 24.0. The largest absolute Gasteiger partial charge is 0.490 e. The highest BCUT2D eigenvalue weighted by Crippen LogP contribution is 2.32. The molecule has 1 aromatic heterocycles. The summed E-state index contributed by atoms with van der Waals surface area (Å²) >= 11 is 0. The minimum absolute atomic E-state index is 0.0323. The molecule has 156 valence electrons. The number of likely N-dealkylation sites (N-methyl/N-ethyl adjacent to an activating group) is 1. The van der Waals surface area contributed by atoms with Gasteiger partial charge < -0.3 is 13.9 Å². The molecule has 0 fully saturated rings. The lowest BCUT2D eigenvalue weighted by Crippen LogP contribution is -2.46. The van der Waals surface area contributed by atoms with Crippen LogP contribution in [0.2, 0.25) is 0 Å². The van der Waals surface area contributed by atoms with Gasteiger partial charge in [0, 0.05) is 19.5 Å². The first-order chi connectivity index (χ1) is 13.8. The van der Waals surface area contributed by atoms with E-state index in [1.807, 2.05) is 0 Å². The fraction of sp³-hybridized carbons (Fsp3) is 0.333. The fourth-order valence-electron chi connectivity index (χ4n) is 2.63. The van der Waals surface area contributed by atoms with Crippen LogP contribution in [0, 0.1) is 6.92 Å². The summed E-state index contributed by atoms with van der Waals surface area (Å²) in [5, 5.41) is 0. The Morgan fingerprint density at radius 3 is 2.52 bits per heavy atom. The number of aryl methyl sites for hydroxylation is 1. The van der Waals surface area contributed by atoms with Gasteiger partial charge in [-0.15, -0.1) is 0 Å². The van der Waals surface area contributed by atoms with Gasteiger partial charge >= 0.3 is 0 Å². The molecule has 1 aliphatic rings. The molecule has 2 amide bonds. The Morgan fingerprint density at radius 1 is 1.10 bits per heavy atom. The number of rotatable bonds is 5. The molecule has 11 heteroatoms. The Bertz CT molecular complexity index is 1020. The number of ether oxygens (including phenoxy) is 2. The van der Waals surface area contributed by atoms with Crippen molar-refractivity contribution in [1.29, 1.82) is 0 Å². The third-order valence-corrected chi connectivity index (χ3v) is 6.01. The van der Waals surface area contributed by atoms with E-state index in [9.17, 15) is 18.0 Å². The third-order valence-electron chi connectivity index (χ3n) is 4.21. The Labute approximate surface area is 167 Å². The van der Waals surface area contributed by atoms with Crippen molar-refractivity contribution < 1.29 is 31.9 Å². The van der Waals surface area contributed by atoms with Crippen molar-refractivity contribution in [2.45, 2.75) is 18.2 Å². The predicted molar refractivity (Wildman–Crippen MR) is 101 cm³/mol. The second-order valence-corrected chi connectivity index (χ2v) is 8.36. The highest BCUT2D eigenvalue weighted by atomic mass is 32.2. The van der Waals surface area contributed by atoms with E-state index >= 15 is 0 Å². The van der Waals surface area contributed by atoms with E-state index in [2.05, 4.69) is 10.9 Å². The van der Waals surface area contributed by atoms with E-state index < -0.39 is 28.4 Å². The average Bonchev–Trinajstić information content (AvgIpc) is 2.98. The number of nitrogens with one attached hydrogen (secondary N) is 2. The Balaban J connectivity index is 1.62. The number of amides is 2. The van der Waals surface area contributed by atoms with Crippen LogP contribution in [0.1, 0.15) is 22.5 Å². The van der Waals surface area contributed by atoms with Gasteiger partial charge in [-0.2, -0.15) is 4.31 Å². The lowest BCUT2D eigenvalue weighted by atomic mass is 10.2. The second-order valence-electron chi connectivity index (χ2n) is 6.31. The molecule has 1 aliphatic heterocycles. The molecule has 2 aromatic rings. The maximum atomic E-state index is 12.8. The summed E-state index contributed by atoms with van der Waals surface area (Å²) in [6, 6.07) is 5.74. The molecule has 10 nitrogen and oxygen atoms in total. The van der Waals surface area contributed by atoms with Crippen molar-refractivity contribution in [3.05, 3.63) is 41.9 Å². The first-order valence-corrected chi connectivity index (χ1v) is 10.2. The predicted octanol–water partition coefficient (Wildman–Crippen LogP) is 0.831. The Hall–Kier alpha value is -3.05. The molecule has 0 saturated heterocycles. The van der Waals surface area contributed by atoms with Crippen LogP contribution in [0.5, 0.6) is 11.5 Å². The Morgan fingerprint density at radius 2 is 1.83 bits per heavy atom. The summed E-state index contributed by atoms with van der Waals surface area (Å²) < 4.78 is 42.4. The van der Waals surface area contributed by atoms with Crippen LogP contribution < -0.4 is 20.3 Å². The van der Waals surface area contributed by atoms with Gasteiger partial charge in [-0.1, -0.05) is 0 Å². The number of nitrogens with zero attached hydrogens (tertiary/aromatic N) is 1. The van der Waals surface area contributed by atoms with Gasteiger partial charge in [0.1, 0.15) is 5.76 Å². The number of carbonyl (C=O) groups is 2. The topological polar surface area (TPSA) is 127 Å². The fourth-order valence-corrected chi connectivity index (χ4v) is 3.77. The zero-order chi connectivity index (χ0) is 21.0. The molecule has 0 aliphatic carbocycles. The molecular formula is C18H21N3O7S. The maximum Gasteiger partial charge on any atom is 0.273 e. The van der Waals surface area contributed by atoms with Gasteiger partial charge in [0.05, 0.1) is 36.5 Å². The van der Waals surface area contributed by atoms with Gasteiger partial charge in [0.2, 0.25) is 10.0 Å². The summed E-state index contributed by atoms with van der Waals surface area (Å²) in [5.74, 6) is -0.0768. The SMILES string of the molecule is Cc1occc1C(=O)NNC(=O)CN(C)S(=O)(=O)c1ccc2c(c1)OCCCO2. The highest BCUT2D eigenvalue weighted by molar-refractivity contribution is 7.89. The lowest BCUT2D eigenvalue weighted by Gasteiger charge is -2.18. The smallest absolute Gasteiger partial charge is 0.273 e. The molecular weight excluding hydrogens is 402 g/mol. The van der Waals surface area contributed by atoms with E-state index in [0.29, 0.717) is 36.9 Å². The molecule has 0 unspecified atom stereocenters. The van der Waals surface area contributed by atoms with E-state index in [1.165, 1.54) is 37.6 Å². The van der Waals surface area contributed by atoms with Crippen molar-refractivity contribution in [1.82, 2.24) is 15.2 Å². The number of benzene rings is 1. The Kier molecular flexibility index (Phi) is 6.09. The number of sulfonamides is 1. The van der Waals surface area contributed by atoms with Crippen LogP contribution >= 0.6 is 0 Å². The van der Waals surface area contributed by atoms with Crippen LogP contribution in [-0.4, -0.2) is 51.3 Å². The van der Waals surface area contributed by atoms with E-state index in [1.54, 1.807) is 6.92 Å². The van der Waals surface area contributed by atoms with E-state index in [-0.39, 0.29) is 10.5 Å². The number of carbonyl (C=O) groups excluding carboxylic acids is 2. The summed E-state index contributed by atoms with van der Waals surface area (Å²) in [5.41, 5.74) is 4.66. The maximum absolute atomic E-state index is 12.8. The van der Waals surface area contributed by atoms with Gasteiger partial charge in [-0.25, -0.2) is 8.42 Å². The minimum atomic E-state index is -3.96. The molecule has 29 heavy (non-hydrogen) atoms. The molecule has 2 heterocycles. The van der Waals surface area contributed by atoms with Crippen LogP contribution in [0.3, 0.4) is 0 Å². The van der Waals surface area contributed by atoms with Crippen LogP contribution in [0.4, 0.5) is 0 Å². The average molecular weight is 423 g/mol. The summed E-state index contributed by atoms with van der Waals surface area (Å²) in [7, 11) is -2.69. The van der Waals surface area contributed by atoms with Crippen LogP contribution in [0.15, 0.2) is 39.8 Å². The molecule has 0 atom stereocenters. The van der Waals surface area contributed by atoms with Crippen molar-refractivity contribution >= 4 is 21.8 Å². The monoisotopic (exact) mass is 423 g/mol. The molecule has 0 saturated carbocycles. The van der Waals surface area contributed by atoms with Crippen LogP contribution in [0.25, 0.3) is 0 Å². The zero-order valence-corrected chi connectivity index (χ0v) is 16.7. The lowest BCUT2D eigenvalue weighted by molar-refractivity contribution is -0.121. The highest BCUT2D eigenvalue weighted by Gasteiger charge is 2.25. The molecule has 0 spiro atoms. The summed E-state index contributed by atoms with van der Waals surface area (Å²) in [6.07, 6.45) is 2.04. The molecule has 0 bridgehead atoms. The van der Waals surface area contributed by atoms with E-state index in [0.717, 1.165) is 4.31 Å². The van der Waals surface area contributed by atoms with Gasteiger partial charge in [0.25, 0.3) is 11.8 Å². The minimum Gasteiger partial charge on any atom is -0.490 e. The van der Waals surface area contributed by atoms with Gasteiger partial charge in [-0.05, 0) is 25.1 Å². The molecule has 2 N–H and O–H groups in total. The number of hydrazine groups is 1. The zero-order valence-electron chi connectivity index (χ0n) is 15.9. The molecule has 1 aromatic carbocycles. The molecule has 3 rings (SSSR count). The third kappa shape index (κ3) is 4.69. The normalized spacial score (nSPS) is 13.6. The molecule has 0 radical (unpaired) electrons. The number of fused-ring (bicyclic) bond motifs is 1. The first kappa shape index (κ1) is 20.7. The number of hydrogen-bond donors (Lipinski definition) is 2. The number of furan rings is 1. The number of hydrogen-bond acceptors (Lipinski definition) is 7. The van der Waals surface area contributed by atoms with E-state index in [4.69, 9.17) is 13.9 Å². The van der Waals surface area contributed by atoms with Crippen molar-refractivity contribution in [2.24, 2.45) is 0 Å². The van der Waals surface area contributed by atoms with Crippen molar-refractivity contribution in [3.63, 3.8) is 0 Å². The van der Waals surface area contributed by atoms with Crippen molar-refractivity contribution in [2.75, 3.05) is 26.8 Å². The van der Waals surface area contributed by atoms with Gasteiger partial charge in [0.15, 0.2) is 11.5 Å². The quantitative estimate of drug-likeness (QED) is 0.682. The van der Waals surface area contributed by atoms with Crippen molar-refractivity contribution in [3.8, 4) is 11.5 Å². The first-order valence-electron chi connectivity index (χ1n) is 8.78.